The standard InChI is InChI=1S/C22H17N3O3/c26-19-12-11-15-6-1-2-9-18(15)21(19)22(24-20-10-3-4-13-23-20)16-7-5-8-17(14-16)25(27)28/h1-14,22,26H,(H,23,24). The minimum Gasteiger partial charge on any atom is -0.508 e. The fourth-order valence-electron chi connectivity index (χ4n) is 3.32. The summed E-state index contributed by atoms with van der Waals surface area (Å²) in [5.74, 6) is 0.713. The van der Waals surface area contributed by atoms with Gasteiger partial charge in [0.2, 0.25) is 0 Å². The first-order valence-corrected chi connectivity index (χ1v) is 8.76. The van der Waals surface area contributed by atoms with Crippen LogP contribution >= 0.6 is 0 Å². The molecule has 1 heterocycles. The van der Waals surface area contributed by atoms with E-state index in [1.54, 1.807) is 24.4 Å². The minimum absolute atomic E-state index is 0.00922. The summed E-state index contributed by atoms with van der Waals surface area (Å²) in [5, 5.41) is 27.1. The molecule has 0 aliphatic rings. The summed E-state index contributed by atoms with van der Waals surface area (Å²) < 4.78 is 0. The Morgan fingerprint density at radius 2 is 1.79 bits per heavy atom. The first kappa shape index (κ1) is 17.5. The molecule has 0 amide bonds. The first-order valence-electron chi connectivity index (χ1n) is 8.76. The Balaban J connectivity index is 1.93. The van der Waals surface area contributed by atoms with E-state index in [-0.39, 0.29) is 11.4 Å². The average Bonchev–Trinajstić information content (AvgIpc) is 2.73. The highest BCUT2D eigenvalue weighted by atomic mass is 16.6. The number of aromatic nitrogens is 1. The number of hydrogen-bond donors (Lipinski definition) is 2. The van der Waals surface area contributed by atoms with Gasteiger partial charge in [0.05, 0.1) is 11.0 Å². The van der Waals surface area contributed by atoms with Crippen LogP contribution in [0.25, 0.3) is 10.8 Å². The average molecular weight is 371 g/mol. The maximum absolute atomic E-state index is 11.3. The number of nitro benzene ring substituents is 1. The Labute approximate surface area is 161 Å². The highest BCUT2D eigenvalue weighted by Gasteiger charge is 2.22. The number of rotatable bonds is 5. The number of aromatic hydroxyl groups is 1. The van der Waals surface area contributed by atoms with Crippen molar-refractivity contribution in [2.45, 2.75) is 6.04 Å². The number of fused-ring (bicyclic) bond motifs is 1. The fraction of sp³-hybridized carbons (Fsp3) is 0.0455. The van der Waals surface area contributed by atoms with Crippen LogP contribution in [-0.2, 0) is 0 Å². The highest BCUT2D eigenvalue weighted by molar-refractivity contribution is 5.89. The van der Waals surface area contributed by atoms with Crippen LogP contribution in [0.1, 0.15) is 17.2 Å². The van der Waals surface area contributed by atoms with Gasteiger partial charge in [0.25, 0.3) is 5.69 Å². The molecule has 0 aliphatic carbocycles. The number of anilines is 1. The van der Waals surface area contributed by atoms with Crippen LogP contribution in [-0.4, -0.2) is 15.0 Å². The van der Waals surface area contributed by atoms with Crippen LogP contribution in [0.5, 0.6) is 5.75 Å². The quantitative estimate of drug-likeness (QED) is 0.378. The molecule has 0 bridgehead atoms. The predicted octanol–water partition coefficient (Wildman–Crippen LogP) is 5.05. The van der Waals surface area contributed by atoms with Crippen molar-refractivity contribution in [3.05, 3.63) is 106 Å². The van der Waals surface area contributed by atoms with Crippen LogP contribution in [0.2, 0.25) is 0 Å². The maximum atomic E-state index is 11.3. The van der Waals surface area contributed by atoms with E-state index in [0.29, 0.717) is 16.9 Å². The molecule has 1 aromatic heterocycles. The van der Waals surface area contributed by atoms with Gasteiger partial charge in [-0.1, -0.05) is 48.5 Å². The second-order valence-corrected chi connectivity index (χ2v) is 6.36. The lowest BCUT2D eigenvalue weighted by atomic mass is 9.92. The normalized spacial score (nSPS) is 11.9. The number of phenols is 1. The molecule has 28 heavy (non-hydrogen) atoms. The van der Waals surface area contributed by atoms with Crippen LogP contribution < -0.4 is 5.32 Å². The van der Waals surface area contributed by atoms with E-state index >= 15 is 0 Å². The molecule has 0 fully saturated rings. The van der Waals surface area contributed by atoms with Crippen LogP contribution in [0.3, 0.4) is 0 Å². The summed E-state index contributed by atoms with van der Waals surface area (Å²) in [6, 6.07) is 22.6. The van der Waals surface area contributed by atoms with Gasteiger partial charge in [-0.05, 0) is 34.5 Å². The van der Waals surface area contributed by atoms with Crippen molar-refractivity contribution >= 4 is 22.3 Å². The number of benzene rings is 3. The number of phenolic OH excluding ortho intramolecular Hbond substituents is 1. The Bertz CT molecular complexity index is 1150. The number of pyridine rings is 1. The number of nitrogens with one attached hydrogen (secondary N) is 1. The molecule has 0 saturated carbocycles. The minimum atomic E-state index is -0.527. The first-order chi connectivity index (χ1) is 13.6. The Morgan fingerprint density at radius 3 is 2.57 bits per heavy atom. The summed E-state index contributed by atoms with van der Waals surface area (Å²) in [6.45, 7) is 0. The maximum Gasteiger partial charge on any atom is 0.269 e. The molecule has 1 unspecified atom stereocenters. The van der Waals surface area contributed by atoms with E-state index in [1.807, 2.05) is 48.5 Å². The van der Waals surface area contributed by atoms with Crippen molar-refractivity contribution in [3.63, 3.8) is 0 Å². The molecule has 0 aliphatic heterocycles. The van der Waals surface area contributed by atoms with Crippen molar-refractivity contribution in [1.82, 2.24) is 4.98 Å². The van der Waals surface area contributed by atoms with Gasteiger partial charge < -0.3 is 10.4 Å². The lowest BCUT2D eigenvalue weighted by molar-refractivity contribution is -0.384. The topological polar surface area (TPSA) is 88.3 Å². The monoisotopic (exact) mass is 371 g/mol. The molecule has 4 rings (SSSR count). The lowest BCUT2D eigenvalue weighted by Crippen LogP contribution is -2.14. The molecular formula is C22H17N3O3. The predicted molar refractivity (Wildman–Crippen MR) is 108 cm³/mol. The molecule has 3 aromatic carbocycles. The third-order valence-electron chi connectivity index (χ3n) is 4.61. The highest BCUT2D eigenvalue weighted by Crippen LogP contribution is 2.38. The van der Waals surface area contributed by atoms with E-state index in [9.17, 15) is 15.2 Å². The van der Waals surface area contributed by atoms with Gasteiger partial charge in [-0.25, -0.2) is 4.98 Å². The zero-order valence-corrected chi connectivity index (χ0v) is 14.8. The smallest absolute Gasteiger partial charge is 0.269 e. The lowest BCUT2D eigenvalue weighted by Gasteiger charge is -2.23. The number of nitrogens with zero attached hydrogens (tertiary/aromatic N) is 2. The Kier molecular flexibility index (Phi) is 4.60. The molecule has 6 nitrogen and oxygen atoms in total. The van der Waals surface area contributed by atoms with E-state index in [4.69, 9.17) is 0 Å². The number of nitro groups is 1. The van der Waals surface area contributed by atoms with Gasteiger partial charge in [0.15, 0.2) is 0 Å². The van der Waals surface area contributed by atoms with Crippen LogP contribution in [0, 0.1) is 10.1 Å². The molecule has 0 saturated heterocycles. The van der Waals surface area contributed by atoms with Crippen molar-refractivity contribution in [1.29, 1.82) is 0 Å². The number of non-ortho nitro benzene ring substituents is 1. The summed E-state index contributed by atoms with van der Waals surface area (Å²) in [7, 11) is 0. The third-order valence-corrected chi connectivity index (χ3v) is 4.61. The molecule has 2 N–H and O–H groups in total. The van der Waals surface area contributed by atoms with Gasteiger partial charge in [-0.3, -0.25) is 10.1 Å². The molecule has 138 valence electrons. The van der Waals surface area contributed by atoms with Crippen molar-refractivity contribution in [2.75, 3.05) is 5.32 Å². The molecule has 0 radical (unpaired) electrons. The van der Waals surface area contributed by atoms with Crippen LogP contribution in [0.15, 0.2) is 85.1 Å². The summed E-state index contributed by atoms with van der Waals surface area (Å²) in [4.78, 5) is 15.2. The Morgan fingerprint density at radius 1 is 0.964 bits per heavy atom. The molecular weight excluding hydrogens is 354 g/mol. The molecule has 4 aromatic rings. The fourth-order valence-corrected chi connectivity index (χ4v) is 3.32. The summed E-state index contributed by atoms with van der Waals surface area (Å²) >= 11 is 0. The second-order valence-electron chi connectivity index (χ2n) is 6.36. The molecule has 1 atom stereocenters. The van der Waals surface area contributed by atoms with Crippen molar-refractivity contribution in [3.8, 4) is 5.75 Å². The third kappa shape index (κ3) is 3.35. The summed E-state index contributed by atoms with van der Waals surface area (Å²) in [5.41, 5.74) is 1.29. The SMILES string of the molecule is O=[N+]([O-])c1cccc(C(Nc2ccccn2)c2c(O)ccc3ccccc23)c1. The van der Waals surface area contributed by atoms with Gasteiger partial charge in [0.1, 0.15) is 11.6 Å². The molecule has 6 heteroatoms. The van der Waals surface area contributed by atoms with Crippen molar-refractivity contribution < 1.29 is 10.0 Å². The zero-order valence-electron chi connectivity index (χ0n) is 14.8. The van der Waals surface area contributed by atoms with E-state index < -0.39 is 11.0 Å². The van der Waals surface area contributed by atoms with Gasteiger partial charge in [-0.2, -0.15) is 0 Å². The largest absolute Gasteiger partial charge is 0.508 e. The molecule has 0 spiro atoms. The Hall–Kier alpha value is -3.93. The second kappa shape index (κ2) is 7.36. The van der Waals surface area contributed by atoms with E-state index in [0.717, 1.165) is 10.8 Å². The van der Waals surface area contributed by atoms with Gasteiger partial charge >= 0.3 is 0 Å². The zero-order chi connectivity index (χ0) is 19.5. The van der Waals surface area contributed by atoms with Crippen LogP contribution in [0.4, 0.5) is 11.5 Å². The van der Waals surface area contributed by atoms with Gasteiger partial charge in [0, 0.05) is 23.9 Å². The summed E-state index contributed by atoms with van der Waals surface area (Å²) in [6.07, 6.45) is 1.66. The van der Waals surface area contributed by atoms with E-state index in [1.165, 1.54) is 12.1 Å². The van der Waals surface area contributed by atoms with E-state index in [2.05, 4.69) is 10.3 Å². The van der Waals surface area contributed by atoms with Crippen molar-refractivity contribution in [2.24, 2.45) is 0 Å². The number of hydrogen-bond acceptors (Lipinski definition) is 5. The van der Waals surface area contributed by atoms with Gasteiger partial charge in [-0.15, -0.1) is 0 Å².